The fourth-order valence-electron chi connectivity index (χ4n) is 4.88. The monoisotopic (exact) mass is 476 g/mol. The van der Waals surface area contributed by atoms with Crippen molar-refractivity contribution in [1.29, 1.82) is 0 Å². The second-order valence-electron chi connectivity index (χ2n) is 10.8. The number of rotatable bonds is 17. The summed E-state index contributed by atoms with van der Waals surface area (Å²) in [4.78, 5) is 0. The maximum Gasteiger partial charge on any atom is 0.222 e. The van der Waals surface area contributed by atoms with Crippen LogP contribution in [0.5, 0.6) is 0 Å². The lowest BCUT2D eigenvalue weighted by Gasteiger charge is -2.46. The van der Waals surface area contributed by atoms with Gasteiger partial charge in [-0.25, -0.2) is 0 Å². The Balaban J connectivity index is 2.81. The number of hydrogen-bond donors (Lipinski definition) is 0. The van der Waals surface area contributed by atoms with Gasteiger partial charge in [0.2, 0.25) is 8.32 Å². The Hall–Kier alpha value is 0.491. The largest absolute Gasteiger partial charge is 0.412 e. The molecule has 0 bridgehead atoms. The average Bonchev–Trinajstić information content (AvgIpc) is 3.24. The fourth-order valence-corrected chi connectivity index (χ4v) is 17.6. The predicted octanol–water partition coefficient (Wildman–Crippen LogP) is 6.77. The maximum absolute atomic E-state index is 7.24. The molecule has 1 aliphatic heterocycles. The van der Waals surface area contributed by atoms with Crippen LogP contribution in [-0.4, -0.2) is 61.6 Å². The van der Waals surface area contributed by atoms with Crippen molar-refractivity contribution in [3.8, 4) is 0 Å². The van der Waals surface area contributed by atoms with Crippen LogP contribution in [0.25, 0.3) is 0 Å². The van der Waals surface area contributed by atoms with Crippen LogP contribution in [0.1, 0.15) is 60.3 Å². The first-order chi connectivity index (χ1) is 13.9. The summed E-state index contributed by atoms with van der Waals surface area (Å²) in [5.74, 6) is 0. The molecule has 0 spiro atoms. The van der Waals surface area contributed by atoms with E-state index in [1.54, 1.807) is 0 Å². The van der Waals surface area contributed by atoms with E-state index in [0.29, 0.717) is 0 Å². The molecule has 3 unspecified atom stereocenters. The molecule has 1 rings (SSSR count). The molecular weight excluding hydrogens is 425 g/mol. The third kappa shape index (κ3) is 7.25. The van der Waals surface area contributed by atoms with Crippen LogP contribution < -0.4 is 0 Å². The molecule has 7 heteroatoms. The zero-order valence-corrected chi connectivity index (χ0v) is 24.9. The van der Waals surface area contributed by atoms with Crippen LogP contribution in [-0.2, 0) is 18.3 Å². The van der Waals surface area contributed by atoms with Gasteiger partial charge in [0, 0.05) is 31.7 Å². The molecule has 1 saturated heterocycles. The van der Waals surface area contributed by atoms with Gasteiger partial charge in [0.05, 0.1) is 13.3 Å². The van der Waals surface area contributed by atoms with E-state index in [2.05, 4.69) is 67.4 Å². The van der Waals surface area contributed by atoms with E-state index in [1.807, 2.05) is 0 Å². The van der Waals surface area contributed by atoms with Crippen molar-refractivity contribution in [1.82, 2.24) is 0 Å². The van der Waals surface area contributed by atoms with Crippen LogP contribution in [0.2, 0.25) is 50.9 Å². The maximum atomic E-state index is 7.24. The van der Waals surface area contributed by atoms with E-state index in [-0.39, 0.29) is 10.4 Å². The van der Waals surface area contributed by atoms with Crippen molar-refractivity contribution in [2.45, 2.75) is 122 Å². The highest BCUT2D eigenvalue weighted by Gasteiger charge is 2.72. The summed E-state index contributed by atoms with van der Waals surface area (Å²) < 4.78 is 25.4. The van der Waals surface area contributed by atoms with Crippen molar-refractivity contribution in [3.63, 3.8) is 0 Å². The Morgan fingerprint density at radius 3 is 1.90 bits per heavy atom. The summed E-state index contributed by atoms with van der Waals surface area (Å²) in [5, 5.41) is 0.0434. The van der Waals surface area contributed by atoms with Crippen molar-refractivity contribution < 1.29 is 18.3 Å². The lowest BCUT2D eigenvalue weighted by atomic mass is 10.3. The van der Waals surface area contributed by atoms with Gasteiger partial charge in [-0.15, -0.1) is 0 Å². The van der Waals surface area contributed by atoms with Gasteiger partial charge in [-0.3, -0.25) is 0 Å². The van der Waals surface area contributed by atoms with Crippen LogP contribution in [0.4, 0.5) is 0 Å². The molecule has 0 aliphatic carbocycles. The Kier molecular flexibility index (Phi) is 11.0. The normalized spacial score (nSPS) is 26.6. The SMILES string of the molecule is CCOCCC[Si](C)(C)OC1(CC)C[Si]1(C)OC(C)(CC)[Si](C)(C)CCCOCC. The third-order valence-electron chi connectivity index (χ3n) is 7.63. The van der Waals surface area contributed by atoms with Crippen molar-refractivity contribution in [3.05, 3.63) is 0 Å². The molecule has 4 nitrogen and oxygen atoms in total. The van der Waals surface area contributed by atoms with Gasteiger partial charge in [0.15, 0.2) is 8.32 Å². The Morgan fingerprint density at radius 1 is 0.900 bits per heavy atom. The summed E-state index contributed by atoms with van der Waals surface area (Å²) in [5.41, 5.74) is 0. The topological polar surface area (TPSA) is 36.9 Å². The summed E-state index contributed by atoms with van der Waals surface area (Å²) in [7, 11) is -5.18. The molecule has 0 radical (unpaired) electrons. The number of ether oxygens (including phenoxy) is 2. The molecule has 0 aromatic heterocycles. The summed E-state index contributed by atoms with van der Waals surface area (Å²) in [6.07, 6.45) is 4.44. The zero-order valence-electron chi connectivity index (χ0n) is 21.9. The van der Waals surface area contributed by atoms with E-state index in [9.17, 15) is 0 Å². The van der Waals surface area contributed by atoms with E-state index >= 15 is 0 Å². The summed E-state index contributed by atoms with van der Waals surface area (Å²) in [6, 6.07) is 3.60. The molecule has 0 amide bonds. The molecular formula is C23H52O4Si3. The molecule has 1 heterocycles. The van der Waals surface area contributed by atoms with Gasteiger partial charge >= 0.3 is 0 Å². The fraction of sp³-hybridized carbons (Fsp3) is 1.00. The first kappa shape index (κ1) is 28.5. The molecule has 180 valence electrons. The average molecular weight is 477 g/mol. The molecule has 3 atom stereocenters. The highest BCUT2D eigenvalue weighted by Crippen LogP contribution is 2.57. The van der Waals surface area contributed by atoms with Crippen molar-refractivity contribution in [2.75, 3.05) is 26.4 Å². The summed E-state index contributed by atoms with van der Waals surface area (Å²) in [6.45, 7) is 26.8. The van der Waals surface area contributed by atoms with E-state index < -0.39 is 24.7 Å². The van der Waals surface area contributed by atoms with Gasteiger partial charge in [-0.05, 0) is 78.2 Å². The van der Waals surface area contributed by atoms with Crippen LogP contribution in [0.15, 0.2) is 0 Å². The van der Waals surface area contributed by atoms with Gasteiger partial charge in [0.25, 0.3) is 0 Å². The lowest BCUT2D eigenvalue weighted by molar-refractivity contribution is 0.122. The Morgan fingerprint density at radius 2 is 1.43 bits per heavy atom. The smallest absolute Gasteiger partial charge is 0.222 e. The second-order valence-corrected chi connectivity index (χ2v) is 24.3. The molecule has 0 N–H and O–H groups in total. The van der Waals surface area contributed by atoms with Crippen molar-refractivity contribution >= 4 is 24.7 Å². The minimum Gasteiger partial charge on any atom is -0.412 e. The highest BCUT2D eigenvalue weighted by atomic mass is 28.4. The van der Waals surface area contributed by atoms with E-state index in [0.717, 1.165) is 58.2 Å². The molecule has 0 saturated carbocycles. The quantitative estimate of drug-likeness (QED) is 0.171. The van der Waals surface area contributed by atoms with Gasteiger partial charge in [0.1, 0.15) is 0 Å². The second kappa shape index (κ2) is 11.6. The molecule has 0 aromatic rings. The minimum absolute atomic E-state index is 0.0150. The van der Waals surface area contributed by atoms with Gasteiger partial charge in [-0.2, -0.15) is 0 Å². The zero-order chi connectivity index (χ0) is 23.1. The minimum atomic E-state index is -1.89. The predicted molar refractivity (Wildman–Crippen MR) is 137 cm³/mol. The van der Waals surface area contributed by atoms with Gasteiger partial charge < -0.3 is 18.3 Å². The van der Waals surface area contributed by atoms with Gasteiger partial charge in [-0.1, -0.05) is 33.0 Å². The molecule has 1 fully saturated rings. The van der Waals surface area contributed by atoms with Crippen molar-refractivity contribution in [2.24, 2.45) is 0 Å². The molecule has 0 aromatic carbocycles. The van der Waals surface area contributed by atoms with E-state index in [1.165, 1.54) is 12.1 Å². The van der Waals surface area contributed by atoms with Crippen LogP contribution in [0.3, 0.4) is 0 Å². The van der Waals surface area contributed by atoms with E-state index in [4.69, 9.17) is 18.3 Å². The number of hydrogen-bond acceptors (Lipinski definition) is 4. The Bertz CT molecular complexity index is 517. The third-order valence-corrected chi connectivity index (χ3v) is 19.7. The first-order valence-corrected chi connectivity index (χ1v) is 21.4. The lowest BCUT2D eigenvalue weighted by Crippen LogP contribution is -2.58. The first-order valence-electron chi connectivity index (χ1n) is 12.4. The van der Waals surface area contributed by atoms with Crippen LogP contribution >= 0.6 is 0 Å². The summed E-state index contributed by atoms with van der Waals surface area (Å²) >= 11 is 0. The van der Waals surface area contributed by atoms with Crippen LogP contribution in [0, 0.1) is 0 Å². The Labute approximate surface area is 191 Å². The highest BCUT2D eigenvalue weighted by molar-refractivity contribution is 6.89. The molecule has 30 heavy (non-hydrogen) atoms. The molecule has 1 aliphatic rings. The standard InChI is InChI=1S/C23H52O4Si3/c1-11-22(5,28(6,7)19-15-17-24-13-3)26-30(10)21-23(30,12-2)27-29(8,9)20-16-18-25-14-4/h11-21H2,1-10H3.